The number of halogens is 1. The van der Waals surface area contributed by atoms with Crippen LogP contribution in [0.3, 0.4) is 0 Å². The van der Waals surface area contributed by atoms with Crippen LogP contribution in [0.1, 0.15) is 25.8 Å². The second-order valence-electron chi connectivity index (χ2n) is 5.26. The summed E-state index contributed by atoms with van der Waals surface area (Å²) >= 11 is 0. The number of urea groups is 1. The minimum Gasteiger partial charge on any atom is -0.480 e. The highest BCUT2D eigenvalue weighted by Crippen LogP contribution is 2.06. The van der Waals surface area contributed by atoms with Crippen LogP contribution >= 0.6 is 0 Å². The number of carbonyl (C=O) groups excluding carboxylic acids is 1. The van der Waals surface area contributed by atoms with Gasteiger partial charge in [-0.05, 0) is 30.4 Å². The highest BCUT2D eigenvalue weighted by molar-refractivity contribution is 5.82. The molecule has 0 aliphatic carbocycles. The van der Waals surface area contributed by atoms with Crippen LogP contribution in [-0.4, -0.2) is 29.7 Å². The molecular formula is C15H21FN2O3. The van der Waals surface area contributed by atoms with E-state index in [1.165, 1.54) is 6.07 Å². The molecule has 1 aromatic carbocycles. The van der Waals surface area contributed by atoms with Gasteiger partial charge in [-0.2, -0.15) is 0 Å². The lowest BCUT2D eigenvalue weighted by molar-refractivity contribution is -0.139. The zero-order valence-corrected chi connectivity index (χ0v) is 12.2. The minimum atomic E-state index is -1.06. The Morgan fingerprint density at radius 2 is 1.95 bits per heavy atom. The van der Waals surface area contributed by atoms with Crippen molar-refractivity contribution in [2.24, 2.45) is 5.92 Å². The Balaban J connectivity index is 2.39. The molecule has 0 saturated heterocycles. The number of hydrogen-bond donors (Lipinski definition) is 3. The van der Waals surface area contributed by atoms with Crippen LogP contribution < -0.4 is 10.6 Å². The quantitative estimate of drug-likeness (QED) is 0.721. The average molecular weight is 296 g/mol. The van der Waals surface area contributed by atoms with Crippen molar-refractivity contribution in [1.29, 1.82) is 0 Å². The molecule has 5 nitrogen and oxygen atoms in total. The van der Waals surface area contributed by atoms with Crippen LogP contribution in [-0.2, 0) is 11.2 Å². The molecule has 21 heavy (non-hydrogen) atoms. The van der Waals surface area contributed by atoms with E-state index in [0.29, 0.717) is 18.4 Å². The zero-order valence-electron chi connectivity index (χ0n) is 12.2. The van der Waals surface area contributed by atoms with Crippen LogP contribution in [0.5, 0.6) is 0 Å². The molecule has 0 bridgehead atoms. The van der Waals surface area contributed by atoms with Crippen molar-refractivity contribution in [3.8, 4) is 0 Å². The standard InChI is InChI=1S/C15H21FN2O3/c1-10(2)9-13(14(19)20)18-15(21)17-8-7-11-5-3-4-6-12(11)16/h3-6,10,13H,7-9H2,1-2H3,(H,19,20)(H2,17,18,21). The monoisotopic (exact) mass is 296 g/mol. The highest BCUT2D eigenvalue weighted by Gasteiger charge is 2.20. The third-order valence-corrected chi connectivity index (χ3v) is 2.95. The number of carboxylic acid groups (broad SMARTS) is 1. The van der Waals surface area contributed by atoms with Crippen molar-refractivity contribution in [2.75, 3.05) is 6.54 Å². The van der Waals surface area contributed by atoms with Crippen LogP contribution in [0.2, 0.25) is 0 Å². The Hall–Kier alpha value is -2.11. The first-order chi connectivity index (χ1) is 9.90. The molecule has 1 rings (SSSR count). The maximum absolute atomic E-state index is 13.4. The largest absolute Gasteiger partial charge is 0.480 e. The summed E-state index contributed by atoms with van der Waals surface area (Å²) < 4.78 is 13.4. The van der Waals surface area contributed by atoms with E-state index in [1.54, 1.807) is 18.2 Å². The van der Waals surface area contributed by atoms with Gasteiger partial charge in [0.05, 0.1) is 0 Å². The minimum absolute atomic E-state index is 0.157. The van der Waals surface area contributed by atoms with Gasteiger partial charge in [0.15, 0.2) is 0 Å². The van der Waals surface area contributed by atoms with Gasteiger partial charge < -0.3 is 15.7 Å². The zero-order chi connectivity index (χ0) is 15.8. The van der Waals surface area contributed by atoms with Crippen molar-refractivity contribution >= 4 is 12.0 Å². The first kappa shape index (κ1) is 16.9. The number of carboxylic acids is 1. The lowest BCUT2D eigenvalue weighted by atomic mass is 10.0. The van der Waals surface area contributed by atoms with Crippen molar-refractivity contribution in [3.63, 3.8) is 0 Å². The van der Waals surface area contributed by atoms with E-state index in [9.17, 15) is 14.0 Å². The van der Waals surface area contributed by atoms with Gasteiger partial charge in [-0.1, -0.05) is 32.0 Å². The summed E-state index contributed by atoms with van der Waals surface area (Å²) in [6, 6.07) is 4.86. The predicted molar refractivity (Wildman–Crippen MR) is 77.5 cm³/mol. The third kappa shape index (κ3) is 6.25. The molecule has 0 aliphatic rings. The Labute approximate surface area is 123 Å². The summed E-state index contributed by atoms with van der Waals surface area (Å²) in [5.74, 6) is -1.22. The topological polar surface area (TPSA) is 78.4 Å². The lowest BCUT2D eigenvalue weighted by Gasteiger charge is -2.17. The molecule has 1 aromatic rings. The molecule has 1 unspecified atom stereocenters. The van der Waals surface area contributed by atoms with Crippen molar-refractivity contribution < 1.29 is 19.1 Å². The van der Waals surface area contributed by atoms with Gasteiger partial charge in [-0.3, -0.25) is 0 Å². The number of carbonyl (C=O) groups is 2. The molecule has 0 aromatic heterocycles. The van der Waals surface area contributed by atoms with Gasteiger partial charge in [-0.15, -0.1) is 0 Å². The summed E-state index contributed by atoms with van der Waals surface area (Å²) in [6.07, 6.45) is 0.706. The number of aliphatic carboxylic acids is 1. The van der Waals surface area contributed by atoms with Crippen molar-refractivity contribution in [3.05, 3.63) is 35.6 Å². The molecule has 1 atom stereocenters. The van der Waals surface area contributed by atoms with E-state index in [1.807, 2.05) is 13.8 Å². The van der Waals surface area contributed by atoms with Crippen molar-refractivity contribution in [1.82, 2.24) is 10.6 Å². The number of rotatable bonds is 7. The molecule has 0 spiro atoms. The van der Waals surface area contributed by atoms with Crippen LogP contribution in [0.25, 0.3) is 0 Å². The fourth-order valence-electron chi connectivity index (χ4n) is 1.91. The second kappa shape index (κ2) is 8.24. The Morgan fingerprint density at radius 3 is 2.52 bits per heavy atom. The van der Waals surface area contributed by atoms with E-state index < -0.39 is 18.0 Å². The van der Waals surface area contributed by atoms with Crippen LogP contribution in [0, 0.1) is 11.7 Å². The van der Waals surface area contributed by atoms with Gasteiger partial charge in [0, 0.05) is 6.54 Å². The van der Waals surface area contributed by atoms with Gasteiger partial charge >= 0.3 is 12.0 Å². The first-order valence-electron chi connectivity index (χ1n) is 6.90. The fourth-order valence-corrected chi connectivity index (χ4v) is 1.91. The first-order valence-corrected chi connectivity index (χ1v) is 6.90. The smallest absolute Gasteiger partial charge is 0.326 e. The van der Waals surface area contributed by atoms with E-state index in [-0.39, 0.29) is 18.3 Å². The molecular weight excluding hydrogens is 275 g/mol. The Bertz CT molecular complexity index is 492. The molecule has 0 radical (unpaired) electrons. The summed E-state index contributed by atoms with van der Waals surface area (Å²) in [7, 11) is 0. The second-order valence-corrected chi connectivity index (χ2v) is 5.26. The number of amides is 2. The molecule has 0 heterocycles. The molecule has 0 saturated carbocycles. The molecule has 2 amide bonds. The number of nitrogens with one attached hydrogen (secondary N) is 2. The molecule has 6 heteroatoms. The SMILES string of the molecule is CC(C)CC(NC(=O)NCCc1ccccc1F)C(=O)O. The molecule has 3 N–H and O–H groups in total. The number of hydrogen-bond acceptors (Lipinski definition) is 2. The maximum atomic E-state index is 13.4. The van der Waals surface area contributed by atoms with E-state index in [2.05, 4.69) is 10.6 Å². The molecule has 0 aliphatic heterocycles. The predicted octanol–water partition coefficient (Wildman–Crippen LogP) is 2.17. The summed E-state index contributed by atoms with van der Waals surface area (Å²) in [4.78, 5) is 22.7. The lowest BCUT2D eigenvalue weighted by Crippen LogP contribution is -2.47. The van der Waals surface area contributed by atoms with Crippen LogP contribution in [0.4, 0.5) is 9.18 Å². The summed E-state index contributed by atoms with van der Waals surface area (Å²) in [5.41, 5.74) is 0.509. The summed E-state index contributed by atoms with van der Waals surface area (Å²) in [6.45, 7) is 4.00. The third-order valence-electron chi connectivity index (χ3n) is 2.95. The van der Waals surface area contributed by atoms with E-state index >= 15 is 0 Å². The molecule has 0 fully saturated rings. The van der Waals surface area contributed by atoms with E-state index in [0.717, 1.165) is 0 Å². The van der Waals surface area contributed by atoms with Gasteiger partial charge in [0.25, 0.3) is 0 Å². The van der Waals surface area contributed by atoms with Crippen molar-refractivity contribution in [2.45, 2.75) is 32.7 Å². The van der Waals surface area contributed by atoms with Gasteiger partial charge in [0.1, 0.15) is 11.9 Å². The van der Waals surface area contributed by atoms with Gasteiger partial charge in [-0.25, -0.2) is 14.0 Å². The van der Waals surface area contributed by atoms with E-state index in [4.69, 9.17) is 5.11 Å². The van der Waals surface area contributed by atoms with Gasteiger partial charge in [0.2, 0.25) is 0 Å². The average Bonchev–Trinajstić information content (AvgIpc) is 2.39. The Kier molecular flexibility index (Phi) is 6.65. The maximum Gasteiger partial charge on any atom is 0.326 e. The summed E-state index contributed by atoms with van der Waals surface area (Å²) in [5, 5.41) is 14.0. The Morgan fingerprint density at radius 1 is 1.29 bits per heavy atom. The molecule has 116 valence electrons. The number of benzene rings is 1. The fraction of sp³-hybridized carbons (Fsp3) is 0.467. The normalized spacial score (nSPS) is 12.0. The van der Waals surface area contributed by atoms with Crippen LogP contribution in [0.15, 0.2) is 24.3 Å². The highest BCUT2D eigenvalue weighted by atomic mass is 19.1.